The first-order chi connectivity index (χ1) is 14.2. The van der Waals surface area contributed by atoms with Gasteiger partial charge in [0.15, 0.2) is 12.6 Å². The minimum absolute atomic E-state index is 0.0725. The largest absolute Gasteiger partial charge is 0.394 e. The SMILES string of the molecule is C[C@H]1O[C@@H](O[C@H]2[C@H](O)[C@@H](O)[C@@H](O[C@@H]3[C@H](CF)NC[C@@H]3O)O[C@@H]2CO)[C@H](O)[C@@H](O)[C@@H]1O. The molecule has 13 atom stereocenters. The number of aliphatic hydroxyl groups excluding tert-OH is 7. The monoisotopic (exact) mass is 443 g/mol. The highest BCUT2D eigenvalue weighted by molar-refractivity contribution is 4.96. The molecule has 0 aliphatic carbocycles. The van der Waals surface area contributed by atoms with Crippen molar-refractivity contribution in [3.05, 3.63) is 0 Å². The molecule has 0 aromatic rings. The lowest BCUT2D eigenvalue weighted by atomic mass is 9.97. The van der Waals surface area contributed by atoms with Crippen LogP contribution in [0.4, 0.5) is 4.39 Å². The minimum Gasteiger partial charge on any atom is -0.394 e. The van der Waals surface area contributed by atoms with Crippen LogP contribution < -0.4 is 5.32 Å². The van der Waals surface area contributed by atoms with Crippen LogP contribution in [0, 0.1) is 0 Å². The van der Waals surface area contributed by atoms with Gasteiger partial charge in [-0.05, 0) is 6.92 Å². The Morgan fingerprint density at radius 1 is 0.867 bits per heavy atom. The van der Waals surface area contributed by atoms with Gasteiger partial charge in [0.2, 0.25) is 0 Å². The van der Waals surface area contributed by atoms with Crippen LogP contribution in [0.5, 0.6) is 0 Å². The molecule has 13 heteroatoms. The fourth-order valence-corrected chi connectivity index (χ4v) is 3.87. The summed E-state index contributed by atoms with van der Waals surface area (Å²) in [6, 6.07) is -0.838. The topological polar surface area (TPSA) is 191 Å². The Bertz CT molecular complexity index is 560. The van der Waals surface area contributed by atoms with Crippen LogP contribution >= 0.6 is 0 Å². The minimum atomic E-state index is -1.71. The zero-order valence-corrected chi connectivity index (χ0v) is 16.3. The van der Waals surface area contributed by atoms with Crippen molar-refractivity contribution in [2.24, 2.45) is 0 Å². The van der Waals surface area contributed by atoms with Gasteiger partial charge in [0.05, 0.1) is 24.9 Å². The van der Waals surface area contributed by atoms with Crippen molar-refractivity contribution in [3.8, 4) is 0 Å². The highest BCUT2D eigenvalue weighted by Crippen LogP contribution is 2.30. The third kappa shape index (κ3) is 4.62. The maximum absolute atomic E-state index is 13.1. The summed E-state index contributed by atoms with van der Waals surface area (Å²) in [5.41, 5.74) is 0. The predicted molar refractivity (Wildman–Crippen MR) is 93.6 cm³/mol. The zero-order valence-electron chi connectivity index (χ0n) is 16.3. The lowest BCUT2D eigenvalue weighted by Gasteiger charge is -2.46. The molecule has 12 nitrogen and oxygen atoms in total. The number of halogens is 1. The molecular weight excluding hydrogens is 413 g/mol. The van der Waals surface area contributed by atoms with Crippen molar-refractivity contribution < 1.29 is 59.1 Å². The summed E-state index contributed by atoms with van der Waals surface area (Å²) in [7, 11) is 0. The first-order valence-corrected chi connectivity index (χ1v) is 9.80. The maximum Gasteiger partial charge on any atom is 0.187 e. The molecule has 0 aromatic carbocycles. The molecule has 0 spiro atoms. The second kappa shape index (κ2) is 9.94. The summed E-state index contributed by atoms with van der Waals surface area (Å²) in [4.78, 5) is 0. The van der Waals surface area contributed by atoms with Gasteiger partial charge in [0.1, 0.15) is 55.5 Å². The van der Waals surface area contributed by atoms with Crippen LogP contribution in [0.15, 0.2) is 0 Å². The molecule has 8 N–H and O–H groups in total. The summed E-state index contributed by atoms with van der Waals surface area (Å²) >= 11 is 0. The van der Waals surface area contributed by atoms with E-state index in [1.807, 2.05) is 0 Å². The van der Waals surface area contributed by atoms with Gasteiger partial charge >= 0.3 is 0 Å². The molecule has 0 aromatic heterocycles. The smallest absolute Gasteiger partial charge is 0.187 e. The highest BCUT2D eigenvalue weighted by Gasteiger charge is 2.51. The van der Waals surface area contributed by atoms with Crippen LogP contribution in [0.25, 0.3) is 0 Å². The Morgan fingerprint density at radius 2 is 1.47 bits per heavy atom. The van der Waals surface area contributed by atoms with Crippen molar-refractivity contribution in [1.29, 1.82) is 0 Å². The van der Waals surface area contributed by atoms with E-state index in [9.17, 15) is 40.1 Å². The molecule has 3 heterocycles. The Hall–Kier alpha value is -0.550. The van der Waals surface area contributed by atoms with Crippen molar-refractivity contribution in [3.63, 3.8) is 0 Å². The Balaban J connectivity index is 1.68. The molecule has 0 radical (unpaired) electrons. The fourth-order valence-electron chi connectivity index (χ4n) is 3.87. The van der Waals surface area contributed by atoms with Crippen molar-refractivity contribution in [1.82, 2.24) is 5.32 Å². The van der Waals surface area contributed by atoms with E-state index in [1.54, 1.807) is 0 Å². The number of alkyl halides is 1. The normalized spacial score (nSPS) is 52.5. The number of hydrogen-bond acceptors (Lipinski definition) is 12. The highest BCUT2D eigenvalue weighted by atomic mass is 19.1. The standard InChI is InChI=1S/C17H30FNO11/c1-5-9(22)10(23)12(25)16(27-5)30-15-8(4-20)28-17(13(26)11(15)24)29-14-6(2-18)19-3-7(14)21/h5-17,19-26H,2-4H2,1H3/t5-,6+,7+,8-,9-,10+,11-,12-,13-,14-,15-,16+,17-/m1/s1. The second-order valence-electron chi connectivity index (χ2n) is 7.83. The Morgan fingerprint density at radius 3 is 2.10 bits per heavy atom. The third-order valence-corrected chi connectivity index (χ3v) is 5.74. The van der Waals surface area contributed by atoms with Gasteiger partial charge in [0.25, 0.3) is 0 Å². The van der Waals surface area contributed by atoms with Gasteiger partial charge in [0, 0.05) is 6.54 Å². The van der Waals surface area contributed by atoms with Crippen LogP contribution in [0.3, 0.4) is 0 Å². The van der Waals surface area contributed by atoms with Crippen LogP contribution in [0.2, 0.25) is 0 Å². The average Bonchev–Trinajstić information content (AvgIpc) is 3.09. The molecular formula is C17H30FNO11. The Kier molecular flexibility index (Phi) is 7.98. The second-order valence-corrected chi connectivity index (χ2v) is 7.83. The van der Waals surface area contributed by atoms with E-state index in [2.05, 4.69) is 5.32 Å². The molecule has 3 aliphatic heterocycles. The lowest BCUT2D eigenvalue weighted by Crippen LogP contribution is -2.64. The van der Waals surface area contributed by atoms with Gasteiger partial charge < -0.3 is 60.0 Å². The molecule has 30 heavy (non-hydrogen) atoms. The molecule has 0 bridgehead atoms. The van der Waals surface area contributed by atoms with E-state index in [1.165, 1.54) is 6.92 Å². The van der Waals surface area contributed by atoms with Gasteiger partial charge in [-0.25, -0.2) is 4.39 Å². The van der Waals surface area contributed by atoms with E-state index in [0.29, 0.717) is 0 Å². The van der Waals surface area contributed by atoms with Gasteiger partial charge in [-0.1, -0.05) is 0 Å². The molecule has 0 saturated carbocycles. The molecule has 176 valence electrons. The summed E-state index contributed by atoms with van der Waals surface area (Å²) in [6.45, 7) is -0.0150. The lowest BCUT2D eigenvalue weighted by molar-refractivity contribution is -0.361. The quantitative estimate of drug-likeness (QED) is 0.196. The first kappa shape index (κ1) is 24.1. The summed E-state index contributed by atoms with van der Waals surface area (Å²) in [5, 5.41) is 73.0. The number of rotatable bonds is 6. The fraction of sp³-hybridized carbons (Fsp3) is 1.00. The molecule has 0 amide bonds. The summed E-state index contributed by atoms with van der Waals surface area (Å²) in [5.74, 6) is 0. The van der Waals surface area contributed by atoms with Crippen molar-refractivity contribution in [2.75, 3.05) is 19.8 Å². The van der Waals surface area contributed by atoms with Crippen LogP contribution in [0.1, 0.15) is 6.92 Å². The number of aliphatic hydroxyl groups is 7. The number of β-amino-alcohol motifs (C(OH)–C–C–N with tert-alkyl or cyclic N) is 1. The van der Waals surface area contributed by atoms with Crippen LogP contribution in [-0.4, -0.2) is 135 Å². The predicted octanol–water partition coefficient (Wildman–Crippen LogP) is -4.67. The van der Waals surface area contributed by atoms with Gasteiger partial charge in [-0.15, -0.1) is 0 Å². The maximum atomic E-state index is 13.1. The molecule has 3 aliphatic rings. The Labute approximate surface area is 171 Å². The van der Waals surface area contributed by atoms with Gasteiger partial charge in [-0.3, -0.25) is 0 Å². The van der Waals surface area contributed by atoms with Crippen molar-refractivity contribution >= 4 is 0 Å². The van der Waals surface area contributed by atoms with E-state index >= 15 is 0 Å². The summed E-state index contributed by atoms with van der Waals surface area (Å²) in [6.07, 6.45) is -16.7. The average molecular weight is 443 g/mol. The van der Waals surface area contributed by atoms with Crippen LogP contribution in [-0.2, 0) is 18.9 Å². The van der Waals surface area contributed by atoms with E-state index < -0.39 is 92.9 Å². The molecule has 0 unspecified atom stereocenters. The molecule has 3 rings (SSSR count). The van der Waals surface area contributed by atoms with Crippen molar-refractivity contribution in [2.45, 2.75) is 86.6 Å². The summed E-state index contributed by atoms with van der Waals surface area (Å²) < 4.78 is 34.9. The zero-order chi connectivity index (χ0) is 22.2. The number of nitrogens with one attached hydrogen (secondary N) is 1. The van der Waals surface area contributed by atoms with Gasteiger partial charge in [-0.2, -0.15) is 0 Å². The third-order valence-electron chi connectivity index (χ3n) is 5.74. The van der Waals surface area contributed by atoms with E-state index in [-0.39, 0.29) is 6.54 Å². The van der Waals surface area contributed by atoms with E-state index in [0.717, 1.165) is 0 Å². The molecule has 3 fully saturated rings. The molecule has 3 saturated heterocycles. The number of ether oxygens (including phenoxy) is 4. The number of hydrogen-bond donors (Lipinski definition) is 8. The first-order valence-electron chi connectivity index (χ1n) is 9.80. The van der Waals surface area contributed by atoms with E-state index in [4.69, 9.17) is 18.9 Å².